The lowest BCUT2D eigenvalue weighted by atomic mass is 9.78. The minimum absolute atomic E-state index is 0.0545. The Morgan fingerprint density at radius 2 is 1.66 bits per heavy atom. The number of quaternary nitrogens is 1. The van der Waals surface area contributed by atoms with Crippen molar-refractivity contribution in [3.05, 3.63) is 35.9 Å². The maximum atomic E-state index is 13.0. The largest absolute Gasteiger partial charge is 0.335 e. The van der Waals surface area contributed by atoms with E-state index in [0.29, 0.717) is 44.7 Å². The van der Waals surface area contributed by atoms with E-state index < -0.39 is 10.0 Å². The zero-order valence-electron chi connectivity index (χ0n) is 17.3. The second-order valence-corrected chi connectivity index (χ2v) is 10.9. The average molecular weight is 421 g/mol. The van der Waals surface area contributed by atoms with Crippen LogP contribution in [0.5, 0.6) is 0 Å². The standard InChI is InChI=1S/C22H33N3O3S/c26-22(25-12-6-10-20-9-4-5-11-21(20)25)17-23-13-15-24(16-14-23)29(27,28)18-19-7-2-1-3-8-19/h1-3,7-8,20-21H,4-6,9-18H2/p+1/t20-,21+/m1/s1. The second-order valence-electron chi connectivity index (χ2n) is 8.91. The minimum atomic E-state index is -3.30. The summed E-state index contributed by atoms with van der Waals surface area (Å²) in [6, 6.07) is 9.81. The van der Waals surface area contributed by atoms with Crippen molar-refractivity contribution in [2.75, 3.05) is 39.3 Å². The van der Waals surface area contributed by atoms with E-state index >= 15 is 0 Å². The summed E-state index contributed by atoms with van der Waals surface area (Å²) in [5.74, 6) is 1.03. The molecule has 1 saturated carbocycles. The Morgan fingerprint density at radius 1 is 0.966 bits per heavy atom. The van der Waals surface area contributed by atoms with Crippen LogP contribution in [0.3, 0.4) is 0 Å². The van der Waals surface area contributed by atoms with E-state index in [0.717, 1.165) is 24.9 Å². The van der Waals surface area contributed by atoms with Crippen LogP contribution in [0.2, 0.25) is 0 Å². The van der Waals surface area contributed by atoms with Gasteiger partial charge in [-0.25, -0.2) is 8.42 Å². The first kappa shape index (κ1) is 20.8. The highest BCUT2D eigenvalue weighted by Gasteiger charge is 2.37. The van der Waals surface area contributed by atoms with Gasteiger partial charge >= 0.3 is 0 Å². The molecule has 0 unspecified atom stereocenters. The van der Waals surface area contributed by atoms with E-state index in [-0.39, 0.29) is 11.7 Å². The van der Waals surface area contributed by atoms with Crippen molar-refractivity contribution < 1.29 is 18.1 Å². The van der Waals surface area contributed by atoms with Gasteiger partial charge in [-0.2, -0.15) is 4.31 Å². The fourth-order valence-corrected chi connectivity index (χ4v) is 6.92. The lowest BCUT2D eigenvalue weighted by Gasteiger charge is -2.44. The van der Waals surface area contributed by atoms with Crippen LogP contribution >= 0.6 is 0 Å². The maximum absolute atomic E-state index is 13.0. The van der Waals surface area contributed by atoms with Crippen molar-refractivity contribution in [2.45, 2.75) is 50.3 Å². The topological polar surface area (TPSA) is 62.1 Å². The van der Waals surface area contributed by atoms with Gasteiger partial charge in [0.2, 0.25) is 10.0 Å². The van der Waals surface area contributed by atoms with E-state index in [4.69, 9.17) is 0 Å². The molecule has 1 amide bonds. The number of piperazine rings is 1. The number of sulfonamides is 1. The first-order chi connectivity index (χ1) is 14.0. The van der Waals surface area contributed by atoms with E-state index in [1.54, 1.807) is 4.31 Å². The normalized spacial score (nSPS) is 26.8. The number of fused-ring (bicyclic) bond motifs is 1. The van der Waals surface area contributed by atoms with Crippen LogP contribution in [0.25, 0.3) is 0 Å². The molecule has 2 atom stereocenters. The van der Waals surface area contributed by atoms with Crippen molar-refractivity contribution in [3.63, 3.8) is 0 Å². The zero-order valence-corrected chi connectivity index (χ0v) is 18.1. The molecule has 29 heavy (non-hydrogen) atoms. The lowest BCUT2D eigenvalue weighted by Crippen LogP contribution is -3.15. The number of nitrogens with one attached hydrogen (secondary N) is 1. The highest BCUT2D eigenvalue weighted by molar-refractivity contribution is 7.88. The van der Waals surface area contributed by atoms with Crippen molar-refractivity contribution in [1.82, 2.24) is 9.21 Å². The molecule has 2 saturated heterocycles. The van der Waals surface area contributed by atoms with Gasteiger partial charge in [0.15, 0.2) is 6.54 Å². The number of amides is 1. The molecule has 6 nitrogen and oxygen atoms in total. The summed E-state index contributed by atoms with van der Waals surface area (Å²) in [5, 5.41) is 0. The van der Waals surface area contributed by atoms with Gasteiger partial charge in [-0.05, 0) is 37.2 Å². The molecule has 7 heteroatoms. The first-order valence-corrected chi connectivity index (χ1v) is 12.8. The third-order valence-corrected chi connectivity index (χ3v) is 8.83. The Bertz CT molecular complexity index is 789. The number of piperidine rings is 1. The number of nitrogens with zero attached hydrogens (tertiary/aromatic N) is 2. The van der Waals surface area contributed by atoms with E-state index in [9.17, 15) is 13.2 Å². The molecule has 1 aromatic carbocycles. The number of likely N-dealkylation sites (tertiary alicyclic amines) is 1. The molecule has 4 rings (SSSR count). The fraction of sp³-hybridized carbons (Fsp3) is 0.682. The molecule has 0 spiro atoms. The molecule has 2 aliphatic heterocycles. The van der Waals surface area contributed by atoms with Gasteiger partial charge in [0, 0.05) is 12.6 Å². The van der Waals surface area contributed by atoms with Crippen molar-refractivity contribution in [1.29, 1.82) is 0 Å². The molecular weight excluding hydrogens is 386 g/mol. The van der Waals surface area contributed by atoms with Gasteiger partial charge in [-0.1, -0.05) is 43.2 Å². The SMILES string of the molecule is O=C(C[NH+]1CCN(S(=O)(=O)Cc2ccccc2)CC1)N1CCC[C@H]2CCCC[C@@H]21. The predicted octanol–water partition coefficient (Wildman–Crippen LogP) is 0.898. The number of carbonyl (C=O) groups excluding carboxylic acids is 1. The van der Waals surface area contributed by atoms with Crippen LogP contribution < -0.4 is 4.90 Å². The van der Waals surface area contributed by atoms with Crippen LogP contribution in [0.4, 0.5) is 0 Å². The summed E-state index contributed by atoms with van der Waals surface area (Å²) in [6.07, 6.45) is 7.41. The third-order valence-electron chi connectivity index (χ3n) is 6.98. The van der Waals surface area contributed by atoms with Gasteiger partial charge < -0.3 is 9.80 Å². The van der Waals surface area contributed by atoms with Gasteiger partial charge in [0.1, 0.15) is 0 Å². The number of benzene rings is 1. The summed E-state index contributed by atoms with van der Waals surface area (Å²) < 4.78 is 27.1. The van der Waals surface area contributed by atoms with Crippen molar-refractivity contribution in [2.24, 2.45) is 5.92 Å². The Hall–Kier alpha value is -1.44. The van der Waals surface area contributed by atoms with Crippen molar-refractivity contribution in [3.8, 4) is 0 Å². The molecule has 3 fully saturated rings. The molecular formula is C22H34N3O3S+. The van der Waals surface area contributed by atoms with Gasteiger partial charge in [0.25, 0.3) is 5.91 Å². The predicted molar refractivity (Wildman–Crippen MR) is 113 cm³/mol. The summed E-state index contributed by atoms with van der Waals surface area (Å²) in [5.41, 5.74) is 0.824. The smallest absolute Gasteiger partial charge is 0.278 e. The summed E-state index contributed by atoms with van der Waals surface area (Å²) in [4.78, 5) is 16.4. The number of carbonyl (C=O) groups is 1. The lowest BCUT2D eigenvalue weighted by molar-refractivity contribution is -0.896. The Kier molecular flexibility index (Phi) is 6.56. The van der Waals surface area contributed by atoms with Gasteiger partial charge in [-0.15, -0.1) is 0 Å². The molecule has 2 heterocycles. The van der Waals surface area contributed by atoms with Crippen molar-refractivity contribution >= 4 is 15.9 Å². The summed E-state index contributed by atoms with van der Waals surface area (Å²) >= 11 is 0. The van der Waals surface area contributed by atoms with Crippen LogP contribution in [0.15, 0.2) is 30.3 Å². The summed E-state index contributed by atoms with van der Waals surface area (Å²) in [6.45, 7) is 3.84. The zero-order chi connectivity index (χ0) is 20.3. The number of rotatable bonds is 5. The van der Waals surface area contributed by atoms with E-state index in [1.807, 2.05) is 30.3 Å². The highest BCUT2D eigenvalue weighted by Crippen LogP contribution is 2.35. The van der Waals surface area contributed by atoms with Crippen LogP contribution in [-0.2, 0) is 20.6 Å². The fourth-order valence-electron chi connectivity index (χ4n) is 5.38. The molecule has 0 bridgehead atoms. The first-order valence-electron chi connectivity index (χ1n) is 11.2. The van der Waals surface area contributed by atoms with Crippen LogP contribution in [-0.4, -0.2) is 68.8 Å². The molecule has 3 aliphatic rings. The molecule has 1 aliphatic carbocycles. The summed E-state index contributed by atoms with van der Waals surface area (Å²) in [7, 11) is -3.30. The molecule has 1 N–H and O–H groups in total. The Balaban J connectivity index is 1.29. The Morgan fingerprint density at radius 3 is 2.41 bits per heavy atom. The average Bonchev–Trinajstić information content (AvgIpc) is 2.74. The third kappa shape index (κ3) is 5.01. The quantitative estimate of drug-likeness (QED) is 0.770. The van der Waals surface area contributed by atoms with Gasteiger partial charge in [-0.3, -0.25) is 4.79 Å². The highest BCUT2D eigenvalue weighted by atomic mass is 32.2. The second kappa shape index (κ2) is 9.14. The number of hydrogen-bond donors (Lipinski definition) is 1. The molecule has 1 aromatic rings. The molecule has 0 radical (unpaired) electrons. The van der Waals surface area contributed by atoms with Crippen LogP contribution in [0.1, 0.15) is 44.1 Å². The monoisotopic (exact) mass is 420 g/mol. The van der Waals surface area contributed by atoms with Gasteiger partial charge in [0.05, 0.1) is 31.9 Å². The van der Waals surface area contributed by atoms with E-state index in [1.165, 1.54) is 30.6 Å². The minimum Gasteiger partial charge on any atom is -0.335 e. The molecule has 160 valence electrons. The number of hydrogen-bond acceptors (Lipinski definition) is 3. The Labute approximate surface area is 174 Å². The molecule has 0 aromatic heterocycles. The van der Waals surface area contributed by atoms with Crippen LogP contribution in [0, 0.1) is 5.92 Å². The maximum Gasteiger partial charge on any atom is 0.278 e. The van der Waals surface area contributed by atoms with E-state index in [2.05, 4.69) is 4.90 Å².